The van der Waals surface area contributed by atoms with Crippen LogP contribution in [0, 0.1) is 0 Å². The summed E-state index contributed by atoms with van der Waals surface area (Å²) in [5.41, 5.74) is 6.59. The first kappa shape index (κ1) is 14.2. The van der Waals surface area contributed by atoms with Crippen molar-refractivity contribution < 1.29 is 9.31 Å². The van der Waals surface area contributed by atoms with Crippen LogP contribution in [-0.2, 0) is 9.31 Å². The van der Waals surface area contributed by atoms with Crippen LogP contribution < -0.4 is 11.2 Å². The molecule has 2 rings (SSSR count). The number of halogens is 2. The Bertz CT molecular complexity index is 477. The molecule has 0 amide bonds. The first-order valence-electron chi connectivity index (χ1n) is 5.74. The molecule has 1 aromatic rings. The quantitative estimate of drug-likeness (QED) is 0.635. The summed E-state index contributed by atoms with van der Waals surface area (Å²) in [5, 5.41) is 0.577. The summed E-state index contributed by atoms with van der Waals surface area (Å²) in [6, 6.07) is 3.55. The summed E-state index contributed by atoms with van der Waals surface area (Å²) in [7, 11) is -0.469. The lowest BCUT2D eigenvalue weighted by Gasteiger charge is -2.32. The second-order valence-electron chi connectivity index (χ2n) is 5.48. The molecule has 0 spiro atoms. The van der Waals surface area contributed by atoms with E-state index in [0.29, 0.717) is 10.7 Å². The molecule has 1 heterocycles. The molecular formula is C12H16BBrClNO2. The number of hydrogen-bond acceptors (Lipinski definition) is 3. The third-order valence-corrected chi connectivity index (χ3v) is 4.83. The number of nitrogens with two attached hydrogens (primary N) is 1. The summed E-state index contributed by atoms with van der Waals surface area (Å²) in [6.07, 6.45) is 0. The van der Waals surface area contributed by atoms with Gasteiger partial charge in [0.1, 0.15) is 0 Å². The van der Waals surface area contributed by atoms with Crippen LogP contribution >= 0.6 is 27.5 Å². The van der Waals surface area contributed by atoms with Crippen molar-refractivity contribution in [3.8, 4) is 0 Å². The van der Waals surface area contributed by atoms with Gasteiger partial charge in [-0.25, -0.2) is 0 Å². The SMILES string of the molecule is CC1(C)OB(c2cc(Br)c(Cl)cc2N)OC1(C)C. The summed E-state index contributed by atoms with van der Waals surface area (Å²) >= 11 is 9.38. The Kier molecular flexibility index (Phi) is 3.47. The minimum atomic E-state index is -0.469. The van der Waals surface area contributed by atoms with E-state index in [2.05, 4.69) is 15.9 Å². The highest BCUT2D eigenvalue weighted by Gasteiger charge is 2.52. The van der Waals surface area contributed by atoms with E-state index in [1.54, 1.807) is 6.07 Å². The number of hydrogen-bond donors (Lipinski definition) is 1. The highest BCUT2D eigenvalue weighted by molar-refractivity contribution is 9.10. The number of nitrogen functional groups attached to an aromatic ring is 1. The van der Waals surface area contributed by atoms with E-state index in [0.717, 1.165) is 9.94 Å². The van der Waals surface area contributed by atoms with Crippen molar-refractivity contribution in [3.05, 3.63) is 21.6 Å². The Morgan fingerprint density at radius 2 is 1.67 bits per heavy atom. The number of anilines is 1. The van der Waals surface area contributed by atoms with Gasteiger partial charge in [0.25, 0.3) is 0 Å². The van der Waals surface area contributed by atoms with Crippen LogP contribution in [-0.4, -0.2) is 18.3 Å². The minimum Gasteiger partial charge on any atom is -0.399 e. The second kappa shape index (κ2) is 4.41. The van der Waals surface area contributed by atoms with Gasteiger partial charge in [0, 0.05) is 15.6 Å². The van der Waals surface area contributed by atoms with E-state index < -0.39 is 7.12 Å². The fraction of sp³-hybridized carbons (Fsp3) is 0.500. The lowest BCUT2D eigenvalue weighted by Crippen LogP contribution is -2.41. The molecule has 0 aromatic heterocycles. The zero-order valence-corrected chi connectivity index (χ0v) is 13.2. The van der Waals surface area contributed by atoms with Crippen molar-refractivity contribution in [2.45, 2.75) is 38.9 Å². The summed E-state index contributed by atoms with van der Waals surface area (Å²) in [6.45, 7) is 8.03. The maximum atomic E-state index is 6.00. The summed E-state index contributed by atoms with van der Waals surface area (Å²) in [4.78, 5) is 0. The average molecular weight is 332 g/mol. The van der Waals surface area contributed by atoms with Crippen LogP contribution in [0.2, 0.25) is 5.02 Å². The van der Waals surface area contributed by atoms with Gasteiger partial charge in [-0.05, 0) is 55.8 Å². The van der Waals surface area contributed by atoms with Gasteiger partial charge in [-0.15, -0.1) is 0 Å². The summed E-state index contributed by atoms with van der Waals surface area (Å²) < 4.78 is 12.7. The third kappa shape index (κ3) is 2.29. The number of benzene rings is 1. The first-order chi connectivity index (χ1) is 8.14. The maximum absolute atomic E-state index is 6.00. The predicted octanol–water partition coefficient (Wildman–Crippen LogP) is 2.98. The standard InChI is InChI=1S/C12H16BBrClNO2/c1-11(2)12(3,4)18-13(17-11)7-5-8(14)9(15)6-10(7)16/h5-6H,16H2,1-4H3. The van der Waals surface area contributed by atoms with Gasteiger partial charge in [0.2, 0.25) is 0 Å². The third-order valence-electron chi connectivity index (χ3n) is 3.63. The van der Waals surface area contributed by atoms with Gasteiger partial charge >= 0.3 is 7.12 Å². The van der Waals surface area contributed by atoms with Gasteiger partial charge in [-0.2, -0.15) is 0 Å². The normalized spacial score (nSPS) is 21.3. The zero-order chi connectivity index (χ0) is 13.7. The van der Waals surface area contributed by atoms with E-state index in [-0.39, 0.29) is 11.2 Å². The fourth-order valence-corrected chi connectivity index (χ4v) is 2.28. The highest BCUT2D eigenvalue weighted by Crippen LogP contribution is 2.37. The van der Waals surface area contributed by atoms with Crippen molar-refractivity contribution in [1.82, 2.24) is 0 Å². The van der Waals surface area contributed by atoms with Gasteiger partial charge in [0.05, 0.1) is 16.2 Å². The molecule has 1 aromatic carbocycles. The van der Waals surface area contributed by atoms with Crippen molar-refractivity contribution in [3.63, 3.8) is 0 Å². The Labute approximate surface area is 121 Å². The highest BCUT2D eigenvalue weighted by atomic mass is 79.9. The molecule has 1 saturated heterocycles. The Balaban J connectivity index is 2.38. The van der Waals surface area contributed by atoms with Gasteiger partial charge in [-0.3, -0.25) is 0 Å². The Morgan fingerprint density at radius 1 is 1.17 bits per heavy atom. The lowest BCUT2D eigenvalue weighted by atomic mass is 9.78. The molecule has 0 aliphatic carbocycles. The van der Waals surface area contributed by atoms with E-state index in [9.17, 15) is 0 Å². The van der Waals surface area contributed by atoms with Crippen LogP contribution in [0.1, 0.15) is 27.7 Å². The molecule has 1 aliphatic heterocycles. The van der Waals surface area contributed by atoms with E-state index in [1.807, 2.05) is 33.8 Å². The van der Waals surface area contributed by atoms with Crippen LogP contribution in [0.15, 0.2) is 16.6 Å². The molecule has 18 heavy (non-hydrogen) atoms. The average Bonchev–Trinajstić information content (AvgIpc) is 2.42. The van der Waals surface area contributed by atoms with Gasteiger partial charge < -0.3 is 15.0 Å². The second-order valence-corrected chi connectivity index (χ2v) is 6.75. The van der Waals surface area contributed by atoms with Crippen molar-refractivity contribution in [2.75, 3.05) is 5.73 Å². The van der Waals surface area contributed by atoms with Crippen LogP contribution in [0.3, 0.4) is 0 Å². The van der Waals surface area contributed by atoms with Crippen LogP contribution in [0.25, 0.3) is 0 Å². The van der Waals surface area contributed by atoms with E-state index in [1.165, 1.54) is 0 Å². The van der Waals surface area contributed by atoms with Crippen molar-refractivity contribution in [1.29, 1.82) is 0 Å². The van der Waals surface area contributed by atoms with Gasteiger partial charge in [-0.1, -0.05) is 11.6 Å². The van der Waals surface area contributed by atoms with E-state index in [4.69, 9.17) is 26.6 Å². The van der Waals surface area contributed by atoms with Crippen molar-refractivity contribution in [2.24, 2.45) is 0 Å². The molecular weight excluding hydrogens is 316 g/mol. The van der Waals surface area contributed by atoms with Crippen molar-refractivity contribution >= 4 is 45.8 Å². The smallest absolute Gasteiger partial charge is 0.399 e. The summed E-state index contributed by atoms with van der Waals surface area (Å²) in [5.74, 6) is 0. The molecule has 0 atom stereocenters. The molecule has 2 N–H and O–H groups in total. The molecule has 0 saturated carbocycles. The minimum absolute atomic E-state index is 0.379. The van der Waals surface area contributed by atoms with E-state index >= 15 is 0 Å². The first-order valence-corrected chi connectivity index (χ1v) is 6.91. The topological polar surface area (TPSA) is 44.5 Å². The molecule has 98 valence electrons. The Morgan fingerprint density at radius 3 is 2.17 bits per heavy atom. The monoisotopic (exact) mass is 331 g/mol. The molecule has 6 heteroatoms. The maximum Gasteiger partial charge on any atom is 0.497 e. The molecule has 1 aliphatic rings. The molecule has 0 bridgehead atoms. The molecule has 1 fully saturated rings. The Hall–Kier alpha value is -0.225. The van der Waals surface area contributed by atoms with Gasteiger partial charge in [0.15, 0.2) is 0 Å². The molecule has 0 radical (unpaired) electrons. The largest absolute Gasteiger partial charge is 0.497 e. The fourth-order valence-electron chi connectivity index (χ4n) is 1.75. The molecule has 0 unspecified atom stereocenters. The number of rotatable bonds is 1. The lowest BCUT2D eigenvalue weighted by molar-refractivity contribution is 0.00578. The zero-order valence-electron chi connectivity index (χ0n) is 10.9. The van der Waals surface area contributed by atoms with Crippen LogP contribution in [0.4, 0.5) is 5.69 Å². The van der Waals surface area contributed by atoms with Crippen LogP contribution in [0.5, 0.6) is 0 Å². The predicted molar refractivity (Wildman–Crippen MR) is 79.3 cm³/mol. The molecule has 3 nitrogen and oxygen atoms in total.